The van der Waals surface area contributed by atoms with Gasteiger partial charge < -0.3 is 5.32 Å². The van der Waals surface area contributed by atoms with Crippen LogP contribution in [-0.4, -0.2) is 21.2 Å². The van der Waals surface area contributed by atoms with Gasteiger partial charge in [-0.25, -0.2) is 15.0 Å². The number of hydrogen-bond donors (Lipinski definition) is 1. The molecular formula is C18H12N4S4. The number of fused-ring (bicyclic) bond motifs is 2. The molecule has 26 heavy (non-hydrogen) atoms. The van der Waals surface area contributed by atoms with E-state index in [1.807, 2.05) is 23.6 Å². The molecule has 0 amide bonds. The lowest BCUT2D eigenvalue weighted by atomic mass is 10.3. The zero-order chi connectivity index (χ0) is 17.5. The highest BCUT2D eigenvalue weighted by molar-refractivity contribution is 7.98. The number of hydrogen-bond acceptors (Lipinski definition) is 8. The summed E-state index contributed by atoms with van der Waals surface area (Å²) in [5, 5.41) is 8.03. The summed E-state index contributed by atoms with van der Waals surface area (Å²) in [6.07, 6.45) is 2.08. The van der Waals surface area contributed by atoms with E-state index in [1.54, 1.807) is 45.8 Å². The lowest BCUT2D eigenvalue weighted by molar-refractivity contribution is 1.34. The van der Waals surface area contributed by atoms with Gasteiger partial charge in [0.25, 0.3) is 0 Å². The summed E-state index contributed by atoms with van der Waals surface area (Å²) in [6, 6.07) is 14.5. The number of aromatic nitrogens is 3. The molecule has 0 aliphatic heterocycles. The van der Waals surface area contributed by atoms with Gasteiger partial charge in [0.05, 0.1) is 20.4 Å². The van der Waals surface area contributed by atoms with Crippen molar-refractivity contribution < 1.29 is 0 Å². The van der Waals surface area contributed by atoms with Crippen LogP contribution in [0, 0.1) is 0 Å². The summed E-state index contributed by atoms with van der Waals surface area (Å²) in [6.45, 7) is 0. The zero-order valence-corrected chi connectivity index (χ0v) is 16.9. The van der Waals surface area contributed by atoms with Crippen LogP contribution >= 0.6 is 45.8 Å². The van der Waals surface area contributed by atoms with Crippen LogP contribution in [0.4, 0.5) is 10.3 Å². The van der Waals surface area contributed by atoms with Crippen molar-refractivity contribution in [2.45, 2.75) is 4.90 Å². The zero-order valence-electron chi connectivity index (χ0n) is 13.6. The third-order valence-corrected chi connectivity index (χ3v) is 7.30. The second kappa shape index (κ2) is 6.62. The average Bonchev–Trinajstić information content (AvgIpc) is 3.38. The standard InChI is InChI=1S/C18H12N4S4/c1-23-10-6-7-12-15(8-10)26-18(20-12)22-17-21-13(9-24-17)16-19-11-4-2-3-5-14(11)25-16/h2-9H,1H3,(H,20,21,22). The Balaban J connectivity index is 1.43. The first-order valence-electron chi connectivity index (χ1n) is 7.81. The molecule has 0 spiro atoms. The van der Waals surface area contributed by atoms with E-state index in [9.17, 15) is 0 Å². The molecular weight excluding hydrogens is 400 g/mol. The highest BCUT2D eigenvalue weighted by Crippen LogP contribution is 2.35. The molecule has 0 radical (unpaired) electrons. The van der Waals surface area contributed by atoms with Crippen molar-refractivity contribution in [1.82, 2.24) is 15.0 Å². The topological polar surface area (TPSA) is 50.7 Å². The Morgan fingerprint density at radius 1 is 0.885 bits per heavy atom. The van der Waals surface area contributed by atoms with Gasteiger partial charge in [0.15, 0.2) is 10.3 Å². The van der Waals surface area contributed by atoms with Gasteiger partial charge in [-0.3, -0.25) is 0 Å². The van der Waals surface area contributed by atoms with Crippen molar-refractivity contribution in [1.29, 1.82) is 0 Å². The highest BCUT2D eigenvalue weighted by Gasteiger charge is 2.12. The number of nitrogens with one attached hydrogen (secondary N) is 1. The minimum atomic E-state index is 0.836. The van der Waals surface area contributed by atoms with Crippen molar-refractivity contribution >= 4 is 76.5 Å². The van der Waals surface area contributed by atoms with E-state index in [-0.39, 0.29) is 0 Å². The van der Waals surface area contributed by atoms with Crippen LogP contribution in [0.5, 0.6) is 0 Å². The largest absolute Gasteiger partial charge is 0.307 e. The van der Waals surface area contributed by atoms with E-state index in [0.29, 0.717) is 0 Å². The van der Waals surface area contributed by atoms with Crippen LogP contribution < -0.4 is 5.32 Å². The summed E-state index contributed by atoms with van der Waals surface area (Å²) < 4.78 is 2.36. The maximum atomic E-state index is 4.69. The molecule has 0 bridgehead atoms. The first kappa shape index (κ1) is 16.2. The fourth-order valence-corrected chi connectivity index (χ4v) is 5.77. The molecule has 3 heterocycles. The van der Waals surface area contributed by atoms with Crippen molar-refractivity contribution in [3.63, 3.8) is 0 Å². The second-order valence-corrected chi connectivity index (χ2v) is 9.30. The Bertz CT molecular complexity index is 1190. The predicted molar refractivity (Wildman–Crippen MR) is 115 cm³/mol. The van der Waals surface area contributed by atoms with Crippen LogP contribution in [-0.2, 0) is 0 Å². The van der Waals surface area contributed by atoms with Gasteiger partial charge in [0, 0.05) is 10.3 Å². The van der Waals surface area contributed by atoms with Crippen molar-refractivity contribution in [3.8, 4) is 10.7 Å². The Morgan fingerprint density at radius 2 is 1.77 bits per heavy atom. The number of nitrogens with zero attached hydrogens (tertiary/aromatic N) is 3. The summed E-state index contributed by atoms with van der Waals surface area (Å²) in [4.78, 5) is 15.3. The van der Waals surface area contributed by atoms with Crippen molar-refractivity contribution in [2.24, 2.45) is 0 Å². The first-order valence-corrected chi connectivity index (χ1v) is 11.6. The van der Waals surface area contributed by atoms with Gasteiger partial charge in [0.1, 0.15) is 10.7 Å². The van der Waals surface area contributed by atoms with E-state index in [2.05, 4.69) is 45.8 Å². The summed E-state index contributed by atoms with van der Waals surface area (Å²) in [5.74, 6) is 0. The first-order chi connectivity index (χ1) is 12.8. The molecule has 5 aromatic rings. The van der Waals surface area contributed by atoms with E-state index in [1.165, 1.54) is 14.3 Å². The monoisotopic (exact) mass is 412 g/mol. The Labute approximate surface area is 166 Å². The van der Waals surface area contributed by atoms with Crippen LogP contribution in [0.3, 0.4) is 0 Å². The molecule has 8 heteroatoms. The van der Waals surface area contributed by atoms with Gasteiger partial charge in [-0.15, -0.1) is 34.4 Å². The number of benzene rings is 2. The van der Waals surface area contributed by atoms with Crippen LogP contribution in [0.1, 0.15) is 0 Å². The molecule has 0 atom stereocenters. The second-order valence-electron chi connectivity index (χ2n) is 5.50. The minimum Gasteiger partial charge on any atom is -0.307 e. The Morgan fingerprint density at radius 3 is 2.65 bits per heavy atom. The molecule has 0 saturated carbocycles. The number of para-hydroxylation sites is 1. The molecule has 5 rings (SSSR count). The lowest BCUT2D eigenvalue weighted by Crippen LogP contribution is -1.88. The molecule has 0 unspecified atom stereocenters. The maximum Gasteiger partial charge on any atom is 0.190 e. The maximum absolute atomic E-state index is 4.69. The number of anilines is 2. The van der Waals surface area contributed by atoms with Crippen molar-refractivity contribution in [3.05, 3.63) is 47.8 Å². The molecule has 2 aromatic carbocycles. The summed E-state index contributed by atoms with van der Waals surface area (Å²) >= 11 is 6.63. The van der Waals surface area contributed by atoms with Crippen LogP contribution in [0.25, 0.3) is 31.1 Å². The Kier molecular flexibility index (Phi) is 4.12. The number of thiazole rings is 3. The molecule has 0 saturated heterocycles. The molecule has 128 valence electrons. The van der Waals surface area contributed by atoms with E-state index < -0.39 is 0 Å². The smallest absolute Gasteiger partial charge is 0.190 e. The minimum absolute atomic E-state index is 0.836. The summed E-state index contributed by atoms with van der Waals surface area (Å²) in [5.41, 5.74) is 2.94. The number of thioether (sulfide) groups is 1. The lowest BCUT2D eigenvalue weighted by Gasteiger charge is -1.94. The number of rotatable bonds is 4. The quantitative estimate of drug-likeness (QED) is 0.342. The fourth-order valence-electron chi connectivity index (χ4n) is 2.59. The third kappa shape index (κ3) is 2.99. The molecule has 0 aliphatic carbocycles. The van der Waals surface area contributed by atoms with Gasteiger partial charge in [-0.1, -0.05) is 23.5 Å². The molecule has 3 aromatic heterocycles. The third-order valence-electron chi connectivity index (χ3n) is 3.83. The highest BCUT2D eigenvalue weighted by atomic mass is 32.2. The fraction of sp³-hybridized carbons (Fsp3) is 0.0556. The van der Waals surface area contributed by atoms with Gasteiger partial charge in [-0.2, -0.15) is 0 Å². The average molecular weight is 413 g/mol. The van der Waals surface area contributed by atoms with Crippen LogP contribution in [0.2, 0.25) is 0 Å². The normalized spacial score (nSPS) is 11.4. The Hall–Kier alpha value is -2.00. The van der Waals surface area contributed by atoms with Gasteiger partial charge in [-0.05, 0) is 36.6 Å². The summed E-state index contributed by atoms with van der Waals surface area (Å²) in [7, 11) is 0. The van der Waals surface area contributed by atoms with E-state index in [0.717, 1.165) is 32.0 Å². The van der Waals surface area contributed by atoms with Gasteiger partial charge in [0.2, 0.25) is 0 Å². The SMILES string of the molecule is CSc1ccc2nc(Nc3nc(-c4nc5ccccc5s4)cs3)sc2c1. The molecule has 4 nitrogen and oxygen atoms in total. The molecule has 0 fully saturated rings. The van der Waals surface area contributed by atoms with Gasteiger partial charge >= 0.3 is 0 Å². The van der Waals surface area contributed by atoms with E-state index in [4.69, 9.17) is 4.98 Å². The molecule has 0 aliphatic rings. The van der Waals surface area contributed by atoms with Crippen molar-refractivity contribution in [2.75, 3.05) is 11.6 Å². The molecule has 1 N–H and O–H groups in total. The predicted octanol–water partition coefficient (Wildman–Crippen LogP) is 6.50. The van der Waals surface area contributed by atoms with Crippen LogP contribution in [0.15, 0.2) is 52.7 Å². The van der Waals surface area contributed by atoms with E-state index >= 15 is 0 Å².